The van der Waals surface area contributed by atoms with Crippen LogP contribution >= 0.6 is 0 Å². The third kappa shape index (κ3) is 1.45. The van der Waals surface area contributed by atoms with E-state index in [9.17, 15) is 0 Å². The van der Waals surface area contributed by atoms with Crippen LogP contribution in [0.4, 0.5) is 0 Å². The van der Waals surface area contributed by atoms with Crippen molar-refractivity contribution in [1.82, 2.24) is 0 Å². The van der Waals surface area contributed by atoms with Gasteiger partial charge >= 0.3 is 0 Å². The molecule has 0 bridgehead atoms. The van der Waals surface area contributed by atoms with E-state index in [0.717, 1.165) is 11.3 Å². The summed E-state index contributed by atoms with van der Waals surface area (Å²) >= 11 is 0. The largest absolute Gasteiger partial charge is 0.496 e. The minimum Gasteiger partial charge on any atom is -0.496 e. The van der Waals surface area contributed by atoms with Gasteiger partial charge in [-0.1, -0.05) is 24.3 Å². The lowest BCUT2D eigenvalue weighted by molar-refractivity contribution is 0.374. The standard InChI is InChI=1S/C11H12O2/c1-3-9-11(13-9)8-6-4-5-7-10(8)12-2/h3-7,9,11H,1H2,2H3/t9-,11+/m0/s1. The van der Waals surface area contributed by atoms with Crippen molar-refractivity contribution in [1.29, 1.82) is 0 Å². The van der Waals surface area contributed by atoms with Crippen molar-refractivity contribution in [3.05, 3.63) is 42.5 Å². The van der Waals surface area contributed by atoms with Gasteiger partial charge in [0.2, 0.25) is 0 Å². The van der Waals surface area contributed by atoms with Gasteiger partial charge < -0.3 is 9.47 Å². The summed E-state index contributed by atoms with van der Waals surface area (Å²) in [6.45, 7) is 3.69. The SMILES string of the molecule is C=C[C@@H]1O[C@@H]1c1ccccc1OC. The molecule has 2 rings (SSSR count). The molecule has 0 saturated carbocycles. The minimum absolute atomic E-state index is 0.147. The summed E-state index contributed by atoms with van der Waals surface area (Å²) in [5, 5.41) is 0. The van der Waals surface area contributed by atoms with Crippen LogP contribution < -0.4 is 4.74 Å². The summed E-state index contributed by atoms with van der Waals surface area (Å²) in [5.74, 6) is 0.886. The third-order valence-corrected chi connectivity index (χ3v) is 2.20. The Morgan fingerprint density at radius 2 is 2.23 bits per heavy atom. The molecular weight excluding hydrogens is 164 g/mol. The monoisotopic (exact) mass is 176 g/mol. The van der Waals surface area contributed by atoms with Crippen molar-refractivity contribution in [2.24, 2.45) is 0 Å². The molecule has 2 heteroatoms. The molecule has 0 N–H and O–H groups in total. The molecule has 0 aromatic heterocycles. The van der Waals surface area contributed by atoms with Crippen LogP contribution in [-0.2, 0) is 4.74 Å². The molecular formula is C11H12O2. The van der Waals surface area contributed by atoms with Gasteiger partial charge in [-0.2, -0.15) is 0 Å². The van der Waals surface area contributed by atoms with Gasteiger partial charge in [0, 0.05) is 5.56 Å². The van der Waals surface area contributed by atoms with E-state index in [4.69, 9.17) is 9.47 Å². The molecule has 0 amide bonds. The lowest BCUT2D eigenvalue weighted by Gasteiger charge is -2.04. The Morgan fingerprint density at radius 3 is 2.85 bits per heavy atom. The normalized spacial score (nSPS) is 25.3. The molecule has 0 aliphatic carbocycles. The molecule has 1 heterocycles. The molecule has 0 radical (unpaired) electrons. The lowest BCUT2D eigenvalue weighted by atomic mass is 10.1. The maximum Gasteiger partial charge on any atom is 0.124 e. The van der Waals surface area contributed by atoms with Crippen molar-refractivity contribution in [3.63, 3.8) is 0 Å². The second-order valence-corrected chi connectivity index (χ2v) is 3.00. The zero-order chi connectivity index (χ0) is 9.26. The minimum atomic E-state index is 0.147. The Bertz CT molecular complexity index is 320. The highest BCUT2D eigenvalue weighted by atomic mass is 16.6. The highest BCUT2D eigenvalue weighted by molar-refractivity contribution is 5.38. The third-order valence-electron chi connectivity index (χ3n) is 2.20. The fourth-order valence-electron chi connectivity index (χ4n) is 1.45. The Kier molecular flexibility index (Phi) is 2.07. The Morgan fingerprint density at radius 1 is 1.46 bits per heavy atom. The van der Waals surface area contributed by atoms with E-state index in [0.29, 0.717) is 0 Å². The first-order valence-corrected chi connectivity index (χ1v) is 4.27. The number of epoxide rings is 1. The number of benzene rings is 1. The summed E-state index contributed by atoms with van der Waals surface area (Å²) in [5.41, 5.74) is 1.11. The van der Waals surface area contributed by atoms with Gasteiger partial charge in [0.15, 0.2) is 0 Å². The van der Waals surface area contributed by atoms with Gasteiger partial charge in [-0.05, 0) is 6.07 Å². The van der Waals surface area contributed by atoms with Gasteiger partial charge in [0.05, 0.1) is 7.11 Å². The smallest absolute Gasteiger partial charge is 0.124 e. The summed E-state index contributed by atoms with van der Waals surface area (Å²) in [6.07, 6.45) is 2.13. The lowest BCUT2D eigenvalue weighted by Crippen LogP contribution is -1.91. The molecule has 13 heavy (non-hydrogen) atoms. The zero-order valence-corrected chi connectivity index (χ0v) is 7.57. The van der Waals surface area contributed by atoms with Crippen LogP contribution in [0.3, 0.4) is 0 Å². The fraction of sp³-hybridized carbons (Fsp3) is 0.273. The summed E-state index contributed by atoms with van der Waals surface area (Å²) in [6, 6.07) is 7.90. The number of hydrogen-bond donors (Lipinski definition) is 0. The van der Waals surface area contributed by atoms with Crippen molar-refractivity contribution >= 4 is 0 Å². The molecule has 1 aromatic rings. The fourth-order valence-corrected chi connectivity index (χ4v) is 1.45. The van der Waals surface area contributed by atoms with Crippen LogP contribution in [0.15, 0.2) is 36.9 Å². The Balaban J connectivity index is 2.25. The first-order chi connectivity index (χ1) is 6.36. The molecule has 0 unspecified atom stereocenters. The number of methoxy groups -OCH3 is 1. The number of hydrogen-bond acceptors (Lipinski definition) is 2. The average Bonchev–Trinajstić information content (AvgIpc) is 2.96. The van der Waals surface area contributed by atoms with Crippen LogP contribution in [0, 0.1) is 0 Å². The molecule has 1 aromatic carbocycles. The summed E-state index contributed by atoms with van der Waals surface area (Å²) in [7, 11) is 1.67. The van der Waals surface area contributed by atoms with E-state index in [-0.39, 0.29) is 12.2 Å². The molecule has 1 fully saturated rings. The Labute approximate surface area is 77.8 Å². The van der Waals surface area contributed by atoms with Crippen molar-refractivity contribution in [3.8, 4) is 5.75 Å². The highest BCUT2D eigenvalue weighted by Gasteiger charge is 2.39. The molecule has 1 aliphatic rings. The van der Waals surface area contributed by atoms with Crippen molar-refractivity contribution < 1.29 is 9.47 Å². The molecule has 68 valence electrons. The first-order valence-electron chi connectivity index (χ1n) is 4.27. The van der Waals surface area contributed by atoms with Crippen LogP contribution in [0.25, 0.3) is 0 Å². The molecule has 2 nitrogen and oxygen atoms in total. The van der Waals surface area contributed by atoms with E-state index in [1.807, 2.05) is 30.3 Å². The summed E-state index contributed by atoms with van der Waals surface area (Å²) < 4.78 is 10.6. The summed E-state index contributed by atoms with van der Waals surface area (Å²) in [4.78, 5) is 0. The van der Waals surface area contributed by atoms with Gasteiger partial charge in [0.25, 0.3) is 0 Å². The number of rotatable bonds is 3. The topological polar surface area (TPSA) is 21.8 Å². The van der Waals surface area contributed by atoms with Crippen LogP contribution in [0.5, 0.6) is 5.75 Å². The maximum atomic E-state index is 5.40. The number of para-hydroxylation sites is 1. The highest BCUT2D eigenvalue weighted by Crippen LogP contribution is 2.43. The van der Waals surface area contributed by atoms with Crippen LogP contribution in [-0.4, -0.2) is 13.2 Å². The van der Waals surface area contributed by atoms with E-state index >= 15 is 0 Å². The van der Waals surface area contributed by atoms with Crippen molar-refractivity contribution in [2.45, 2.75) is 12.2 Å². The van der Waals surface area contributed by atoms with E-state index < -0.39 is 0 Å². The molecule has 1 saturated heterocycles. The number of ether oxygens (including phenoxy) is 2. The molecule has 0 spiro atoms. The second kappa shape index (κ2) is 3.23. The molecule has 2 atom stereocenters. The van der Waals surface area contributed by atoms with E-state index in [1.165, 1.54) is 0 Å². The zero-order valence-electron chi connectivity index (χ0n) is 7.57. The Hall–Kier alpha value is -1.28. The predicted molar refractivity (Wildman–Crippen MR) is 50.8 cm³/mol. The van der Waals surface area contributed by atoms with Crippen LogP contribution in [0.1, 0.15) is 11.7 Å². The maximum absolute atomic E-state index is 5.40. The van der Waals surface area contributed by atoms with Gasteiger partial charge in [-0.25, -0.2) is 0 Å². The van der Waals surface area contributed by atoms with Gasteiger partial charge in [0.1, 0.15) is 18.0 Å². The quantitative estimate of drug-likeness (QED) is 0.520. The van der Waals surface area contributed by atoms with Crippen LogP contribution in [0.2, 0.25) is 0 Å². The average molecular weight is 176 g/mol. The second-order valence-electron chi connectivity index (χ2n) is 3.00. The first kappa shape index (κ1) is 8.32. The van der Waals surface area contributed by atoms with Crippen molar-refractivity contribution in [2.75, 3.05) is 7.11 Å². The van der Waals surface area contributed by atoms with E-state index in [1.54, 1.807) is 7.11 Å². The molecule has 1 aliphatic heterocycles. The van der Waals surface area contributed by atoms with E-state index in [2.05, 4.69) is 6.58 Å². The predicted octanol–water partition coefficient (Wildman–Crippen LogP) is 2.32. The van der Waals surface area contributed by atoms with Gasteiger partial charge in [-0.15, -0.1) is 6.58 Å². The van der Waals surface area contributed by atoms with Gasteiger partial charge in [-0.3, -0.25) is 0 Å².